The van der Waals surface area contributed by atoms with Gasteiger partial charge in [-0.05, 0) is 18.9 Å². The molecule has 96 valence electrons. The molecular weight excluding hydrogens is 282 g/mol. The second-order valence-corrected chi connectivity index (χ2v) is 5.57. The average molecular weight is 290 g/mol. The van der Waals surface area contributed by atoms with Crippen molar-refractivity contribution in [3.8, 4) is 12.0 Å². The van der Waals surface area contributed by atoms with Crippen LogP contribution < -0.4 is 0 Å². The molecular formula is C10H8ClNO5S. The Balaban J connectivity index is 3.37. The van der Waals surface area contributed by atoms with Crippen LogP contribution in [0.4, 0.5) is 5.69 Å². The summed E-state index contributed by atoms with van der Waals surface area (Å²) in [6.45, 7) is 2.05. The molecule has 8 heteroatoms. The third-order valence-electron chi connectivity index (χ3n) is 1.84. The minimum atomic E-state index is -4.12. The summed E-state index contributed by atoms with van der Waals surface area (Å²) in [6.07, 6.45) is 2.27. The predicted octanol–water partition coefficient (Wildman–Crippen LogP) is 1.87. The van der Waals surface area contributed by atoms with Crippen molar-refractivity contribution in [2.24, 2.45) is 0 Å². The fraction of sp³-hybridized carbons (Fsp3) is 0.200. The van der Waals surface area contributed by atoms with Crippen molar-refractivity contribution in [2.45, 2.75) is 11.8 Å². The van der Waals surface area contributed by atoms with E-state index < -0.39 is 18.9 Å². The van der Waals surface area contributed by atoms with Crippen molar-refractivity contribution in [1.29, 1.82) is 0 Å². The van der Waals surface area contributed by atoms with Crippen LogP contribution in [-0.4, -0.2) is 19.9 Å². The number of halogens is 1. The van der Waals surface area contributed by atoms with Crippen LogP contribution in [0.25, 0.3) is 0 Å². The van der Waals surface area contributed by atoms with Gasteiger partial charge >= 0.3 is 0 Å². The van der Waals surface area contributed by atoms with Gasteiger partial charge in [-0.2, -0.15) is 0 Å². The summed E-state index contributed by atoms with van der Waals surface area (Å²) < 4.78 is 27.3. The number of hydrogen-bond donors (Lipinski definition) is 0. The topological polar surface area (TPSA) is 86.5 Å². The molecule has 0 radical (unpaired) electrons. The van der Waals surface area contributed by atoms with Gasteiger partial charge in [0.1, 0.15) is 11.0 Å². The monoisotopic (exact) mass is 289 g/mol. The summed E-state index contributed by atoms with van der Waals surface area (Å²) in [7, 11) is 1.08. The van der Waals surface area contributed by atoms with Gasteiger partial charge in [0, 0.05) is 28.4 Å². The highest BCUT2D eigenvalue weighted by atomic mass is 35.7. The maximum atomic E-state index is 11.3. The number of non-ortho nitro benzene ring substituents is 1. The first-order chi connectivity index (χ1) is 8.36. The van der Waals surface area contributed by atoms with E-state index in [-0.39, 0.29) is 11.3 Å². The molecule has 1 aromatic rings. The van der Waals surface area contributed by atoms with E-state index >= 15 is 0 Å². The molecule has 0 aromatic heterocycles. The minimum absolute atomic E-state index is 0.0454. The lowest BCUT2D eigenvalue weighted by Crippen LogP contribution is -1.98. The van der Waals surface area contributed by atoms with Gasteiger partial charge in [0.2, 0.25) is 0 Å². The highest BCUT2D eigenvalue weighted by Gasteiger charge is 2.19. The highest BCUT2D eigenvalue weighted by Crippen LogP contribution is 2.24. The second kappa shape index (κ2) is 5.71. The highest BCUT2D eigenvalue weighted by molar-refractivity contribution is 8.13. The van der Waals surface area contributed by atoms with Gasteiger partial charge in [0.15, 0.2) is 0 Å². The molecule has 0 N–H and O–H groups in total. The summed E-state index contributed by atoms with van der Waals surface area (Å²) in [5.74, 6) is 2.43. The fourth-order valence-corrected chi connectivity index (χ4v) is 2.12. The standard InChI is InChI=1S/C10H8ClNO5S/c1-2-17-6-5-8-3-4-9(12(13)14)7-10(8)18(11,15)16/h3-4,7H,2H2,1H3. The molecule has 0 atom stereocenters. The van der Waals surface area contributed by atoms with Crippen molar-refractivity contribution in [2.75, 3.05) is 6.61 Å². The molecule has 0 amide bonds. The number of nitro groups is 1. The maximum absolute atomic E-state index is 11.3. The van der Waals surface area contributed by atoms with Crippen LogP contribution in [0, 0.1) is 22.1 Å². The van der Waals surface area contributed by atoms with Crippen molar-refractivity contribution >= 4 is 25.4 Å². The summed E-state index contributed by atoms with van der Waals surface area (Å²) in [5, 5.41) is 10.6. The van der Waals surface area contributed by atoms with Crippen molar-refractivity contribution < 1.29 is 18.1 Å². The van der Waals surface area contributed by atoms with Crippen LogP contribution >= 0.6 is 10.7 Å². The zero-order valence-electron chi connectivity index (χ0n) is 9.21. The van der Waals surface area contributed by atoms with Gasteiger partial charge < -0.3 is 4.74 Å². The summed E-state index contributed by atoms with van der Waals surface area (Å²) in [6, 6.07) is 3.21. The normalized spacial score (nSPS) is 10.3. The van der Waals surface area contributed by atoms with Gasteiger partial charge in [0.05, 0.1) is 11.5 Å². The predicted molar refractivity (Wildman–Crippen MR) is 64.6 cm³/mol. The molecule has 0 aliphatic rings. The third-order valence-corrected chi connectivity index (χ3v) is 3.20. The molecule has 0 unspecified atom stereocenters. The Morgan fingerprint density at radius 2 is 2.17 bits per heavy atom. The number of nitro benzene ring substituents is 1. The van der Waals surface area contributed by atoms with E-state index in [1.807, 2.05) is 0 Å². The summed E-state index contributed by atoms with van der Waals surface area (Å²) in [4.78, 5) is 9.43. The van der Waals surface area contributed by atoms with Crippen molar-refractivity contribution in [1.82, 2.24) is 0 Å². The first-order valence-electron chi connectivity index (χ1n) is 4.72. The molecule has 0 fully saturated rings. The molecule has 1 aromatic carbocycles. The van der Waals surface area contributed by atoms with Crippen molar-refractivity contribution in [3.63, 3.8) is 0 Å². The first-order valence-corrected chi connectivity index (χ1v) is 7.03. The molecule has 0 saturated heterocycles. The Morgan fingerprint density at radius 1 is 1.50 bits per heavy atom. The molecule has 0 aliphatic carbocycles. The largest absolute Gasteiger partial charge is 0.447 e. The van der Waals surface area contributed by atoms with E-state index in [0.717, 1.165) is 12.1 Å². The number of benzene rings is 1. The van der Waals surface area contributed by atoms with Crippen LogP contribution in [0.5, 0.6) is 0 Å². The van der Waals surface area contributed by atoms with E-state index in [0.29, 0.717) is 6.61 Å². The molecule has 0 heterocycles. The third kappa shape index (κ3) is 3.61. The molecule has 0 saturated carbocycles. The van der Waals surface area contributed by atoms with E-state index in [2.05, 4.69) is 12.0 Å². The Kier molecular flexibility index (Phi) is 4.53. The maximum Gasteiger partial charge on any atom is 0.270 e. The number of hydrogen-bond acceptors (Lipinski definition) is 5. The molecule has 0 spiro atoms. The van der Waals surface area contributed by atoms with Gasteiger partial charge in [-0.15, -0.1) is 0 Å². The van der Waals surface area contributed by atoms with Crippen molar-refractivity contribution in [3.05, 3.63) is 33.9 Å². The zero-order valence-corrected chi connectivity index (χ0v) is 10.8. The molecule has 6 nitrogen and oxygen atoms in total. The Labute approximate surface area is 108 Å². The van der Waals surface area contributed by atoms with E-state index in [9.17, 15) is 18.5 Å². The Hall–Kier alpha value is -1.78. The Bertz CT molecular complexity index is 629. The SMILES string of the molecule is CCOC#Cc1ccc([N+](=O)[O-])cc1S(=O)(=O)Cl. The molecule has 0 bridgehead atoms. The number of nitrogens with zero attached hydrogens (tertiary/aromatic N) is 1. The van der Waals surface area contributed by atoms with Crippen LogP contribution in [-0.2, 0) is 13.8 Å². The van der Waals surface area contributed by atoms with Gasteiger partial charge in [-0.1, -0.05) is 0 Å². The number of rotatable bonds is 3. The minimum Gasteiger partial charge on any atom is -0.447 e. The first kappa shape index (κ1) is 14.3. The molecule has 18 heavy (non-hydrogen) atoms. The van der Waals surface area contributed by atoms with Crippen LogP contribution in [0.3, 0.4) is 0 Å². The molecule has 1 rings (SSSR count). The fourth-order valence-electron chi connectivity index (χ4n) is 1.09. The number of ether oxygens (including phenoxy) is 1. The second-order valence-electron chi connectivity index (χ2n) is 3.04. The summed E-state index contributed by atoms with van der Waals surface area (Å²) >= 11 is 0. The van der Waals surface area contributed by atoms with Gasteiger partial charge in [-0.3, -0.25) is 10.1 Å². The van der Waals surface area contributed by atoms with E-state index in [1.165, 1.54) is 6.07 Å². The lowest BCUT2D eigenvalue weighted by molar-refractivity contribution is -0.385. The zero-order chi connectivity index (χ0) is 13.8. The van der Waals surface area contributed by atoms with Crippen LogP contribution in [0.2, 0.25) is 0 Å². The van der Waals surface area contributed by atoms with E-state index in [1.54, 1.807) is 6.92 Å². The summed E-state index contributed by atoms with van der Waals surface area (Å²) in [5.41, 5.74) is -0.333. The van der Waals surface area contributed by atoms with Gasteiger partial charge in [0.25, 0.3) is 14.7 Å². The average Bonchev–Trinajstić information content (AvgIpc) is 2.28. The van der Waals surface area contributed by atoms with Gasteiger partial charge in [-0.25, -0.2) is 8.42 Å². The lowest BCUT2D eigenvalue weighted by Gasteiger charge is -2.00. The van der Waals surface area contributed by atoms with E-state index in [4.69, 9.17) is 15.4 Å². The quantitative estimate of drug-likeness (QED) is 0.367. The lowest BCUT2D eigenvalue weighted by atomic mass is 10.2. The van der Waals surface area contributed by atoms with Crippen LogP contribution in [0.15, 0.2) is 23.1 Å². The smallest absolute Gasteiger partial charge is 0.270 e. The molecule has 0 aliphatic heterocycles. The Morgan fingerprint density at radius 3 is 2.67 bits per heavy atom. The van der Waals surface area contributed by atoms with Crippen LogP contribution in [0.1, 0.15) is 12.5 Å².